The number of hydrogen-bond donors (Lipinski definition) is 6. The van der Waals surface area contributed by atoms with E-state index in [4.69, 9.17) is 0 Å². The smallest absolute Gasteiger partial charge is 0.119 e. The van der Waals surface area contributed by atoms with E-state index in [1.807, 2.05) is 12.1 Å². The maximum atomic E-state index is 10.1. The summed E-state index contributed by atoms with van der Waals surface area (Å²) in [6, 6.07) is 6.96. The number of aryl methyl sites for hydroxylation is 2. The molecule has 2 aliphatic rings. The van der Waals surface area contributed by atoms with Crippen LogP contribution in [0.3, 0.4) is 0 Å². The molecule has 6 N–H and O–H groups in total. The molecule has 0 aliphatic heterocycles. The van der Waals surface area contributed by atoms with E-state index in [-0.39, 0.29) is 24.3 Å². The van der Waals surface area contributed by atoms with E-state index >= 15 is 0 Å². The van der Waals surface area contributed by atoms with Crippen molar-refractivity contribution in [3.63, 3.8) is 0 Å². The Balaban J connectivity index is 1.62. The Hall–Kier alpha value is -2.12. The lowest BCUT2D eigenvalue weighted by atomic mass is 9.81. The van der Waals surface area contributed by atoms with Gasteiger partial charge in [-0.15, -0.1) is 0 Å². The highest BCUT2D eigenvalue weighted by Gasteiger charge is 2.30. The molecule has 6 heteroatoms. The number of aliphatic hydroxyl groups is 4. The quantitative estimate of drug-likeness (QED) is 0.458. The molecule has 4 rings (SSSR count). The van der Waals surface area contributed by atoms with Crippen molar-refractivity contribution in [1.82, 2.24) is 0 Å². The monoisotopic (exact) mass is 386 g/mol. The third-order valence-electron chi connectivity index (χ3n) is 6.21. The Morgan fingerprint density at radius 1 is 0.536 bits per heavy atom. The van der Waals surface area contributed by atoms with Gasteiger partial charge in [-0.25, -0.2) is 0 Å². The molecule has 0 aromatic heterocycles. The van der Waals surface area contributed by atoms with E-state index in [1.165, 1.54) is 0 Å². The van der Waals surface area contributed by atoms with Gasteiger partial charge in [-0.1, -0.05) is 12.1 Å². The topological polar surface area (TPSA) is 121 Å². The molecule has 0 radical (unpaired) electrons. The number of hydrogen-bond acceptors (Lipinski definition) is 6. The van der Waals surface area contributed by atoms with Crippen molar-refractivity contribution in [2.75, 3.05) is 0 Å². The summed E-state index contributed by atoms with van der Waals surface area (Å²) >= 11 is 0. The minimum absolute atomic E-state index is 0.142. The van der Waals surface area contributed by atoms with Crippen LogP contribution in [0.5, 0.6) is 11.5 Å². The molecule has 0 fully saturated rings. The zero-order valence-electron chi connectivity index (χ0n) is 15.5. The average Bonchev–Trinajstić information content (AvgIpc) is 2.66. The first-order valence-corrected chi connectivity index (χ1v) is 9.72. The van der Waals surface area contributed by atoms with Gasteiger partial charge < -0.3 is 30.6 Å². The summed E-state index contributed by atoms with van der Waals surface area (Å²) in [7, 11) is 0. The van der Waals surface area contributed by atoms with Crippen molar-refractivity contribution in [2.45, 2.75) is 62.9 Å². The number of aliphatic hydroxyl groups excluding tert-OH is 4. The summed E-state index contributed by atoms with van der Waals surface area (Å²) in [4.78, 5) is 0. The Morgan fingerprint density at radius 2 is 0.857 bits per heavy atom. The maximum Gasteiger partial charge on any atom is 0.119 e. The number of benzene rings is 2. The number of phenolic OH excluding ortho intramolecular Hbond substituents is 2. The van der Waals surface area contributed by atoms with Crippen LogP contribution in [0.4, 0.5) is 0 Å². The molecular formula is C22H26O6. The minimum atomic E-state index is -0.870. The van der Waals surface area contributed by atoms with Crippen LogP contribution in [-0.4, -0.2) is 55.1 Å². The summed E-state index contributed by atoms with van der Waals surface area (Å²) in [5.41, 5.74) is 5.19. The van der Waals surface area contributed by atoms with Crippen molar-refractivity contribution in [3.8, 4) is 11.5 Å². The van der Waals surface area contributed by atoms with Crippen molar-refractivity contribution >= 4 is 0 Å². The van der Waals surface area contributed by atoms with Gasteiger partial charge in [-0.3, -0.25) is 0 Å². The van der Waals surface area contributed by atoms with Crippen LogP contribution in [0.15, 0.2) is 24.3 Å². The summed E-state index contributed by atoms with van der Waals surface area (Å²) in [6.07, 6.45) is -1.02. The Kier molecular flexibility index (Phi) is 5.05. The molecule has 0 saturated carbocycles. The highest BCUT2D eigenvalue weighted by atomic mass is 16.3. The fraction of sp³-hybridized carbons (Fsp3) is 0.455. The number of fused-ring (bicyclic) bond motifs is 2. The molecule has 0 bridgehead atoms. The van der Waals surface area contributed by atoms with Crippen LogP contribution in [0.25, 0.3) is 0 Å². The molecule has 2 aliphatic carbocycles. The molecule has 0 amide bonds. The van der Waals surface area contributed by atoms with Crippen LogP contribution in [-0.2, 0) is 38.5 Å². The maximum absolute atomic E-state index is 10.1. The molecule has 0 spiro atoms. The SMILES string of the molecule is Oc1ccc(CCc2ccc(O)c3c2CC(O)C(O)C3)c2c1CC(O)C(O)C2. The van der Waals surface area contributed by atoms with Crippen LogP contribution in [0.2, 0.25) is 0 Å². The molecule has 4 atom stereocenters. The molecule has 28 heavy (non-hydrogen) atoms. The van der Waals surface area contributed by atoms with Crippen LogP contribution in [0, 0.1) is 0 Å². The van der Waals surface area contributed by atoms with E-state index in [0.717, 1.165) is 22.3 Å². The lowest BCUT2D eigenvalue weighted by Gasteiger charge is -2.29. The van der Waals surface area contributed by atoms with Gasteiger partial charge in [-0.2, -0.15) is 0 Å². The van der Waals surface area contributed by atoms with Gasteiger partial charge in [-0.05, 0) is 47.2 Å². The second-order valence-corrected chi connectivity index (χ2v) is 7.99. The largest absolute Gasteiger partial charge is 0.508 e. The normalized spacial score (nSPS) is 26.6. The molecule has 2 aromatic rings. The van der Waals surface area contributed by atoms with Gasteiger partial charge in [0.1, 0.15) is 11.5 Å². The van der Waals surface area contributed by atoms with Crippen LogP contribution in [0.1, 0.15) is 33.4 Å². The summed E-state index contributed by atoms with van der Waals surface area (Å²) in [5.74, 6) is 0.285. The van der Waals surface area contributed by atoms with Crippen molar-refractivity contribution in [2.24, 2.45) is 0 Å². The van der Waals surface area contributed by atoms with Crippen molar-refractivity contribution in [1.29, 1.82) is 0 Å². The zero-order chi connectivity index (χ0) is 20.0. The fourth-order valence-corrected chi connectivity index (χ4v) is 4.54. The highest BCUT2D eigenvalue weighted by Crippen LogP contribution is 2.35. The van der Waals surface area contributed by atoms with E-state index in [2.05, 4.69) is 0 Å². The van der Waals surface area contributed by atoms with Crippen molar-refractivity contribution < 1.29 is 30.6 Å². The van der Waals surface area contributed by atoms with E-state index in [1.54, 1.807) is 12.1 Å². The number of rotatable bonds is 3. The predicted octanol–water partition coefficient (Wildman–Crippen LogP) is 0.524. The highest BCUT2D eigenvalue weighted by molar-refractivity contribution is 5.49. The van der Waals surface area contributed by atoms with E-state index < -0.39 is 24.4 Å². The van der Waals surface area contributed by atoms with Gasteiger partial charge in [0.25, 0.3) is 0 Å². The molecule has 6 nitrogen and oxygen atoms in total. The molecular weight excluding hydrogens is 360 g/mol. The summed E-state index contributed by atoms with van der Waals surface area (Å²) in [6.45, 7) is 0. The second-order valence-electron chi connectivity index (χ2n) is 7.99. The summed E-state index contributed by atoms with van der Waals surface area (Å²) < 4.78 is 0. The fourth-order valence-electron chi connectivity index (χ4n) is 4.54. The van der Waals surface area contributed by atoms with Crippen LogP contribution >= 0.6 is 0 Å². The molecule has 2 aromatic carbocycles. The van der Waals surface area contributed by atoms with E-state index in [0.29, 0.717) is 36.8 Å². The first-order valence-electron chi connectivity index (χ1n) is 9.72. The summed E-state index contributed by atoms with van der Waals surface area (Å²) in [5, 5.41) is 60.2. The first kappa shape index (κ1) is 19.2. The van der Waals surface area contributed by atoms with E-state index in [9.17, 15) is 30.6 Å². The Morgan fingerprint density at radius 3 is 1.21 bits per heavy atom. The second kappa shape index (κ2) is 7.37. The third-order valence-corrected chi connectivity index (χ3v) is 6.21. The molecule has 0 heterocycles. The lowest BCUT2D eigenvalue weighted by Crippen LogP contribution is -2.35. The zero-order valence-corrected chi connectivity index (χ0v) is 15.5. The minimum Gasteiger partial charge on any atom is -0.508 e. The molecule has 150 valence electrons. The molecule has 0 saturated heterocycles. The number of phenols is 2. The standard InChI is InChI=1S/C22H26O6/c23-17-5-3-11(13-7-19(25)21(27)9-15(13)17)1-2-12-4-6-18(24)16-10-22(28)20(26)8-14(12)16/h3-6,19-28H,1-2,7-10H2. The van der Waals surface area contributed by atoms with Gasteiger partial charge in [0.2, 0.25) is 0 Å². The van der Waals surface area contributed by atoms with Crippen molar-refractivity contribution in [3.05, 3.63) is 57.6 Å². The lowest BCUT2D eigenvalue weighted by molar-refractivity contribution is 0.0134. The van der Waals surface area contributed by atoms with Gasteiger partial charge in [0, 0.05) is 36.8 Å². The Bertz CT molecular complexity index is 820. The third kappa shape index (κ3) is 3.37. The van der Waals surface area contributed by atoms with Gasteiger partial charge in [0.15, 0.2) is 0 Å². The predicted molar refractivity (Wildman–Crippen MR) is 102 cm³/mol. The van der Waals surface area contributed by atoms with Gasteiger partial charge >= 0.3 is 0 Å². The van der Waals surface area contributed by atoms with Gasteiger partial charge in [0.05, 0.1) is 24.4 Å². The number of aromatic hydroxyl groups is 2. The average molecular weight is 386 g/mol. The Labute approximate surface area is 163 Å². The molecule has 4 unspecified atom stereocenters. The van der Waals surface area contributed by atoms with Crippen LogP contribution < -0.4 is 0 Å². The first-order chi connectivity index (χ1) is 13.3.